The van der Waals surface area contributed by atoms with E-state index >= 15 is 0 Å². The topological polar surface area (TPSA) is 32.7 Å². The molecule has 17 heavy (non-hydrogen) atoms. The predicted octanol–water partition coefficient (Wildman–Crippen LogP) is 1.71. The molecule has 3 heteroatoms. The first-order chi connectivity index (χ1) is 8.33. The number of hydrogen-bond acceptors (Lipinski definition) is 2. The molecule has 1 amide bonds. The molecule has 2 aliphatic heterocycles. The molecule has 1 saturated carbocycles. The highest BCUT2D eigenvalue weighted by Gasteiger charge is 2.57. The Kier molecular flexibility index (Phi) is 1.64. The number of amides is 1. The second-order valence-corrected chi connectivity index (χ2v) is 5.14. The average Bonchev–Trinajstić information content (AvgIpc) is 3.18. The summed E-state index contributed by atoms with van der Waals surface area (Å²) in [5, 5.41) is 0. The summed E-state index contributed by atoms with van der Waals surface area (Å²) in [7, 11) is 0. The highest BCUT2D eigenvalue weighted by Crippen LogP contribution is 2.53. The molecule has 1 spiro atoms. The lowest BCUT2D eigenvalue weighted by molar-refractivity contribution is -0.130. The first-order valence-electron chi connectivity index (χ1n) is 6.29. The average molecular weight is 226 g/mol. The van der Waals surface area contributed by atoms with Gasteiger partial charge in [0.2, 0.25) is 5.91 Å². The maximum Gasteiger partial charge on any atom is 0.238 e. The van der Waals surface area contributed by atoms with Gasteiger partial charge in [0.05, 0.1) is 5.41 Å². The Morgan fingerprint density at radius 3 is 2.88 bits per heavy atom. The number of fused-ring (bicyclic) bond motifs is 4. The second kappa shape index (κ2) is 2.97. The van der Waals surface area contributed by atoms with Gasteiger partial charge in [0.15, 0.2) is 0 Å². The van der Waals surface area contributed by atoms with Crippen LogP contribution in [0.1, 0.15) is 30.4 Å². The van der Waals surface area contributed by atoms with Crippen LogP contribution < -0.4 is 0 Å². The standard InChI is InChI=1S/C14H14N2O/c17-13-14(6-7-14)11-5-2-1-4-10(11)12-15-8-3-9-16(12)13/h1-2,4-5H,3,6-9H2. The van der Waals surface area contributed by atoms with E-state index in [0.717, 1.165) is 38.2 Å². The Bertz CT molecular complexity index is 543. The van der Waals surface area contributed by atoms with Crippen LogP contribution in [0.4, 0.5) is 0 Å². The Hall–Kier alpha value is -1.64. The monoisotopic (exact) mass is 226 g/mol. The van der Waals surface area contributed by atoms with Crippen LogP contribution in [-0.2, 0) is 10.2 Å². The van der Waals surface area contributed by atoms with Crippen molar-refractivity contribution in [2.75, 3.05) is 13.1 Å². The van der Waals surface area contributed by atoms with Crippen molar-refractivity contribution in [2.45, 2.75) is 24.7 Å². The number of carbonyl (C=O) groups excluding carboxylic acids is 1. The smallest absolute Gasteiger partial charge is 0.238 e. The van der Waals surface area contributed by atoms with Gasteiger partial charge in [-0.1, -0.05) is 24.3 Å². The fourth-order valence-electron chi connectivity index (χ4n) is 3.11. The summed E-state index contributed by atoms with van der Waals surface area (Å²) in [5.41, 5.74) is 2.21. The molecule has 0 radical (unpaired) electrons. The zero-order valence-corrected chi connectivity index (χ0v) is 9.65. The van der Waals surface area contributed by atoms with Crippen LogP contribution in [0.5, 0.6) is 0 Å². The molecule has 0 unspecified atom stereocenters. The van der Waals surface area contributed by atoms with Crippen LogP contribution in [-0.4, -0.2) is 29.7 Å². The summed E-state index contributed by atoms with van der Waals surface area (Å²) in [4.78, 5) is 19.0. The molecule has 0 aromatic heterocycles. The van der Waals surface area contributed by atoms with E-state index in [9.17, 15) is 4.79 Å². The number of nitrogens with zero attached hydrogens (tertiary/aromatic N) is 2. The summed E-state index contributed by atoms with van der Waals surface area (Å²) >= 11 is 0. The van der Waals surface area contributed by atoms with Crippen molar-refractivity contribution in [1.29, 1.82) is 0 Å². The van der Waals surface area contributed by atoms with Gasteiger partial charge < -0.3 is 0 Å². The first-order valence-corrected chi connectivity index (χ1v) is 6.29. The number of aliphatic imine (C=N–C) groups is 1. The summed E-state index contributed by atoms with van der Waals surface area (Å²) in [6, 6.07) is 8.29. The van der Waals surface area contributed by atoms with Crippen molar-refractivity contribution in [1.82, 2.24) is 4.90 Å². The third-order valence-electron chi connectivity index (χ3n) is 4.15. The summed E-state index contributed by atoms with van der Waals surface area (Å²) < 4.78 is 0. The van der Waals surface area contributed by atoms with E-state index in [1.807, 2.05) is 17.0 Å². The minimum absolute atomic E-state index is 0.188. The van der Waals surface area contributed by atoms with E-state index in [4.69, 9.17) is 0 Å². The van der Waals surface area contributed by atoms with Crippen LogP contribution in [0, 0.1) is 0 Å². The Balaban J connectivity index is 2.00. The third kappa shape index (κ3) is 1.07. The normalized spacial score (nSPS) is 24.1. The van der Waals surface area contributed by atoms with Crippen molar-refractivity contribution >= 4 is 11.7 Å². The van der Waals surface area contributed by atoms with Crippen LogP contribution in [0.2, 0.25) is 0 Å². The summed E-state index contributed by atoms with van der Waals surface area (Å²) in [5.74, 6) is 1.20. The quantitative estimate of drug-likeness (QED) is 0.663. The van der Waals surface area contributed by atoms with Crippen LogP contribution in [0.15, 0.2) is 29.3 Å². The van der Waals surface area contributed by atoms with Gasteiger partial charge >= 0.3 is 0 Å². The molecule has 4 rings (SSSR count). The SMILES string of the molecule is O=C1N2CCCN=C2c2ccccc2C12CC2. The number of amidine groups is 1. The molecule has 3 aliphatic rings. The molecule has 0 bridgehead atoms. The third-order valence-corrected chi connectivity index (χ3v) is 4.15. The van der Waals surface area contributed by atoms with Crippen molar-refractivity contribution in [3.8, 4) is 0 Å². The van der Waals surface area contributed by atoms with E-state index in [1.54, 1.807) is 0 Å². The molecule has 1 aliphatic carbocycles. The van der Waals surface area contributed by atoms with Crippen LogP contribution >= 0.6 is 0 Å². The minimum Gasteiger partial charge on any atom is -0.296 e. The zero-order valence-electron chi connectivity index (χ0n) is 9.65. The van der Waals surface area contributed by atoms with E-state index in [2.05, 4.69) is 17.1 Å². The van der Waals surface area contributed by atoms with Crippen LogP contribution in [0.25, 0.3) is 0 Å². The molecule has 1 aromatic carbocycles. The van der Waals surface area contributed by atoms with Crippen LogP contribution in [0.3, 0.4) is 0 Å². The predicted molar refractivity (Wildman–Crippen MR) is 65.1 cm³/mol. The van der Waals surface area contributed by atoms with E-state index in [1.165, 1.54) is 11.1 Å². The van der Waals surface area contributed by atoms with E-state index in [-0.39, 0.29) is 11.3 Å². The molecule has 0 saturated heterocycles. The van der Waals surface area contributed by atoms with Crippen molar-refractivity contribution in [3.63, 3.8) is 0 Å². The summed E-state index contributed by atoms with van der Waals surface area (Å²) in [6.45, 7) is 1.69. The molecular formula is C14H14N2O. The highest BCUT2D eigenvalue weighted by atomic mass is 16.2. The fraction of sp³-hybridized carbons (Fsp3) is 0.429. The van der Waals surface area contributed by atoms with Gasteiger partial charge in [-0.3, -0.25) is 14.7 Å². The van der Waals surface area contributed by atoms with Gasteiger partial charge in [-0.2, -0.15) is 0 Å². The zero-order chi connectivity index (χ0) is 11.5. The molecule has 2 heterocycles. The molecule has 0 N–H and O–H groups in total. The Morgan fingerprint density at radius 1 is 1.24 bits per heavy atom. The maximum absolute atomic E-state index is 12.6. The summed E-state index contributed by atoms with van der Waals surface area (Å²) in [6.07, 6.45) is 3.01. The molecular weight excluding hydrogens is 212 g/mol. The molecule has 0 atom stereocenters. The Morgan fingerprint density at radius 2 is 2.06 bits per heavy atom. The molecule has 86 valence electrons. The van der Waals surface area contributed by atoms with Gasteiger partial charge in [0, 0.05) is 18.7 Å². The first kappa shape index (κ1) is 9.40. The molecule has 1 aromatic rings. The Labute approximate surface area is 100 Å². The number of carbonyl (C=O) groups is 1. The van der Waals surface area contributed by atoms with Gasteiger partial charge in [-0.25, -0.2) is 0 Å². The van der Waals surface area contributed by atoms with Gasteiger partial charge in [-0.05, 0) is 24.8 Å². The van der Waals surface area contributed by atoms with E-state index in [0.29, 0.717) is 0 Å². The van der Waals surface area contributed by atoms with Gasteiger partial charge in [0.25, 0.3) is 0 Å². The number of benzene rings is 1. The maximum atomic E-state index is 12.6. The number of rotatable bonds is 0. The number of hydrogen-bond donors (Lipinski definition) is 0. The van der Waals surface area contributed by atoms with Gasteiger partial charge in [-0.15, -0.1) is 0 Å². The largest absolute Gasteiger partial charge is 0.296 e. The van der Waals surface area contributed by atoms with Crippen molar-refractivity contribution in [3.05, 3.63) is 35.4 Å². The fourth-order valence-corrected chi connectivity index (χ4v) is 3.11. The lowest BCUT2D eigenvalue weighted by atomic mass is 9.85. The minimum atomic E-state index is -0.188. The highest BCUT2D eigenvalue weighted by molar-refractivity contribution is 6.16. The molecule has 3 nitrogen and oxygen atoms in total. The van der Waals surface area contributed by atoms with Gasteiger partial charge in [0.1, 0.15) is 5.84 Å². The molecule has 1 fully saturated rings. The van der Waals surface area contributed by atoms with E-state index < -0.39 is 0 Å². The lowest BCUT2D eigenvalue weighted by Gasteiger charge is -2.37. The van der Waals surface area contributed by atoms with Crippen molar-refractivity contribution in [2.24, 2.45) is 4.99 Å². The second-order valence-electron chi connectivity index (χ2n) is 5.14. The lowest BCUT2D eigenvalue weighted by Crippen LogP contribution is -2.50. The van der Waals surface area contributed by atoms with Crippen molar-refractivity contribution < 1.29 is 4.79 Å².